The maximum Gasteiger partial charge on any atom is 0.337 e. The lowest BCUT2D eigenvalue weighted by atomic mass is 9.81. The SMILES string of the molecule is CCc1nc(CCc2ccc3c(c2)C(C)(C)CCS3)ccc1C(=O)O. The molecule has 0 saturated heterocycles. The minimum atomic E-state index is -0.898. The molecule has 4 heteroatoms. The van der Waals surface area contributed by atoms with Gasteiger partial charge >= 0.3 is 5.97 Å². The third-order valence-electron chi connectivity index (χ3n) is 5.02. The Morgan fingerprint density at radius 2 is 2.04 bits per heavy atom. The van der Waals surface area contributed by atoms with E-state index in [9.17, 15) is 9.90 Å². The highest BCUT2D eigenvalue weighted by atomic mass is 32.2. The van der Waals surface area contributed by atoms with Crippen LogP contribution in [0.5, 0.6) is 0 Å². The molecule has 0 radical (unpaired) electrons. The molecule has 0 atom stereocenters. The van der Waals surface area contributed by atoms with Crippen molar-refractivity contribution in [2.24, 2.45) is 0 Å². The Hall–Kier alpha value is -1.81. The number of aromatic carboxylic acids is 1. The van der Waals surface area contributed by atoms with E-state index in [4.69, 9.17) is 0 Å². The Bertz CT molecular complexity index is 798. The van der Waals surface area contributed by atoms with Crippen LogP contribution in [0.4, 0.5) is 0 Å². The van der Waals surface area contributed by atoms with Crippen LogP contribution in [-0.4, -0.2) is 21.8 Å². The second-order valence-corrected chi connectivity index (χ2v) is 8.41. The van der Waals surface area contributed by atoms with Crippen molar-refractivity contribution in [1.29, 1.82) is 0 Å². The van der Waals surface area contributed by atoms with Crippen molar-refractivity contribution >= 4 is 17.7 Å². The standard InChI is InChI=1S/C21H25NO2S/c1-4-18-16(20(23)24)9-8-15(22-18)7-5-14-6-10-19-17(13-14)21(2,3)11-12-25-19/h6,8-10,13H,4-5,7,11-12H2,1-3H3,(H,23,24). The molecule has 2 aromatic rings. The zero-order valence-electron chi connectivity index (χ0n) is 15.1. The average molecular weight is 356 g/mol. The van der Waals surface area contributed by atoms with E-state index >= 15 is 0 Å². The Morgan fingerprint density at radius 3 is 2.76 bits per heavy atom. The van der Waals surface area contributed by atoms with E-state index in [2.05, 4.69) is 37.0 Å². The summed E-state index contributed by atoms with van der Waals surface area (Å²) in [5.41, 5.74) is 4.99. The van der Waals surface area contributed by atoms with Gasteiger partial charge in [-0.25, -0.2) is 4.79 Å². The topological polar surface area (TPSA) is 50.2 Å². The maximum absolute atomic E-state index is 11.2. The summed E-state index contributed by atoms with van der Waals surface area (Å²) in [5.74, 6) is 0.296. The summed E-state index contributed by atoms with van der Waals surface area (Å²) < 4.78 is 0. The number of carboxylic acid groups (broad SMARTS) is 1. The maximum atomic E-state index is 11.2. The number of fused-ring (bicyclic) bond motifs is 1. The first-order chi connectivity index (χ1) is 11.9. The van der Waals surface area contributed by atoms with Crippen molar-refractivity contribution < 1.29 is 9.90 Å². The highest BCUT2D eigenvalue weighted by molar-refractivity contribution is 7.99. The second kappa shape index (κ2) is 7.20. The Labute approximate surface area is 153 Å². The van der Waals surface area contributed by atoms with Gasteiger partial charge in [0.1, 0.15) is 0 Å². The highest BCUT2D eigenvalue weighted by Crippen LogP contribution is 2.41. The summed E-state index contributed by atoms with van der Waals surface area (Å²) >= 11 is 1.96. The molecule has 1 aromatic carbocycles. The number of hydrogen-bond acceptors (Lipinski definition) is 3. The zero-order valence-corrected chi connectivity index (χ0v) is 15.9. The van der Waals surface area contributed by atoms with E-state index in [1.165, 1.54) is 28.2 Å². The molecule has 25 heavy (non-hydrogen) atoms. The van der Waals surface area contributed by atoms with Crippen molar-refractivity contribution in [1.82, 2.24) is 4.98 Å². The molecule has 0 unspecified atom stereocenters. The summed E-state index contributed by atoms with van der Waals surface area (Å²) in [5, 5.41) is 9.22. The molecule has 0 saturated carbocycles. The Morgan fingerprint density at radius 1 is 1.24 bits per heavy atom. The van der Waals surface area contributed by atoms with Crippen molar-refractivity contribution in [2.75, 3.05) is 5.75 Å². The van der Waals surface area contributed by atoms with Crippen LogP contribution in [0.15, 0.2) is 35.2 Å². The van der Waals surface area contributed by atoms with Gasteiger partial charge in [-0.05, 0) is 66.2 Å². The Balaban J connectivity index is 1.77. The van der Waals surface area contributed by atoms with Gasteiger partial charge in [0.05, 0.1) is 11.3 Å². The number of carbonyl (C=O) groups is 1. The third kappa shape index (κ3) is 3.90. The average Bonchev–Trinajstić information content (AvgIpc) is 2.59. The number of thioether (sulfide) groups is 1. The fourth-order valence-electron chi connectivity index (χ4n) is 3.36. The van der Waals surface area contributed by atoms with Crippen LogP contribution in [0.25, 0.3) is 0 Å². The number of benzene rings is 1. The molecule has 0 bridgehead atoms. The number of rotatable bonds is 5. The minimum Gasteiger partial charge on any atom is -0.478 e. The van der Waals surface area contributed by atoms with Gasteiger partial charge in [0, 0.05) is 10.6 Å². The lowest BCUT2D eigenvalue weighted by Gasteiger charge is -2.32. The predicted molar refractivity (Wildman–Crippen MR) is 103 cm³/mol. The van der Waals surface area contributed by atoms with Gasteiger partial charge in [0.15, 0.2) is 0 Å². The van der Waals surface area contributed by atoms with E-state index in [0.717, 1.165) is 18.5 Å². The molecule has 0 aliphatic carbocycles. The van der Waals surface area contributed by atoms with Gasteiger partial charge in [-0.1, -0.05) is 32.9 Å². The van der Waals surface area contributed by atoms with Crippen molar-refractivity contribution in [3.63, 3.8) is 0 Å². The van der Waals surface area contributed by atoms with E-state index in [-0.39, 0.29) is 5.41 Å². The fraction of sp³-hybridized carbons (Fsp3) is 0.429. The highest BCUT2D eigenvalue weighted by Gasteiger charge is 2.27. The molecule has 3 nitrogen and oxygen atoms in total. The monoisotopic (exact) mass is 355 g/mol. The molecule has 0 amide bonds. The number of aryl methyl sites for hydroxylation is 3. The summed E-state index contributed by atoms with van der Waals surface area (Å²) in [7, 11) is 0. The molecule has 2 heterocycles. The van der Waals surface area contributed by atoms with Crippen LogP contribution in [0.2, 0.25) is 0 Å². The molecule has 0 fully saturated rings. The first kappa shape index (κ1) is 18.0. The van der Waals surface area contributed by atoms with E-state index in [1.807, 2.05) is 24.8 Å². The van der Waals surface area contributed by atoms with Gasteiger partial charge in [0.2, 0.25) is 0 Å². The van der Waals surface area contributed by atoms with Crippen molar-refractivity contribution in [3.05, 3.63) is 58.4 Å². The molecule has 1 N–H and O–H groups in total. The lowest BCUT2D eigenvalue weighted by molar-refractivity contribution is 0.0695. The summed E-state index contributed by atoms with van der Waals surface area (Å²) in [4.78, 5) is 17.2. The van der Waals surface area contributed by atoms with Crippen LogP contribution in [0.1, 0.15) is 60.1 Å². The molecular weight excluding hydrogens is 330 g/mol. The number of hydrogen-bond donors (Lipinski definition) is 1. The molecule has 1 aliphatic rings. The molecule has 0 spiro atoms. The van der Waals surface area contributed by atoms with Crippen LogP contribution < -0.4 is 0 Å². The van der Waals surface area contributed by atoms with E-state index in [0.29, 0.717) is 17.7 Å². The van der Waals surface area contributed by atoms with Crippen molar-refractivity contribution in [3.8, 4) is 0 Å². The minimum absolute atomic E-state index is 0.243. The summed E-state index contributed by atoms with van der Waals surface area (Å²) in [6.07, 6.45) is 3.61. The third-order valence-corrected chi connectivity index (χ3v) is 6.10. The first-order valence-electron chi connectivity index (χ1n) is 8.89. The first-order valence-corrected chi connectivity index (χ1v) is 9.87. The normalized spacial score (nSPS) is 15.6. The molecule has 1 aliphatic heterocycles. The van der Waals surface area contributed by atoms with Gasteiger partial charge in [-0.15, -0.1) is 11.8 Å². The van der Waals surface area contributed by atoms with Gasteiger partial charge < -0.3 is 5.11 Å². The Kier molecular flexibility index (Phi) is 5.19. The molecular formula is C21H25NO2S. The summed E-state index contributed by atoms with van der Waals surface area (Å²) in [6.45, 7) is 6.60. The molecule has 132 valence electrons. The van der Waals surface area contributed by atoms with Gasteiger partial charge in [-0.3, -0.25) is 4.98 Å². The molecule has 3 rings (SSSR count). The predicted octanol–water partition coefficient (Wildman–Crippen LogP) is 4.90. The van der Waals surface area contributed by atoms with Crippen molar-refractivity contribution in [2.45, 2.75) is 56.8 Å². The second-order valence-electron chi connectivity index (χ2n) is 7.27. The fourth-order valence-corrected chi connectivity index (χ4v) is 4.85. The van der Waals surface area contributed by atoms with Gasteiger partial charge in [0.25, 0.3) is 0 Å². The zero-order chi connectivity index (χ0) is 18.0. The lowest BCUT2D eigenvalue weighted by Crippen LogP contribution is -2.22. The van der Waals surface area contributed by atoms with Crippen LogP contribution in [0.3, 0.4) is 0 Å². The summed E-state index contributed by atoms with van der Waals surface area (Å²) in [6, 6.07) is 10.4. The molecule has 1 aromatic heterocycles. The van der Waals surface area contributed by atoms with E-state index in [1.54, 1.807) is 6.07 Å². The smallest absolute Gasteiger partial charge is 0.337 e. The van der Waals surface area contributed by atoms with Gasteiger partial charge in [-0.2, -0.15) is 0 Å². The van der Waals surface area contributed by atoms with Crippen LogP contribution in [-0.2, 0) is 24.7 Å². The van der Waals surface area contributed by atoms with Crippen LogP contribution >= 0.6 is 11.8 Å². The number of carboxylic acids is 1. The number of nitrogens with zero attached hydrogens (tertiary/aromatic N) is 1. The number of pyridine rings is 1. The largest absolute Gasteiger partial charge is 0.478 e. The quantitative estimate of drug-likeness (QED) is 0.829. The van der Waals surface area contributed by atoms with Crippen LogP contribution in [0, 0.1) is 0 Å². The number of aromatic nitrogens is 1. The van der Waals surface area contributed by atoms with E-state index < -0.39 is 5.97 Å².